The van der Waals surface area contributed by atoms with Crippen LogP contribution < -0.4 is 31.8 Å². The molecule has 0 spiro atoms. The topological polar surface area (TPSA) is 0 Å². The first-order valence-electron chi connectivity index (χ1n) is 16.5. The molecule has 0 aliphatic rings. The van der Waals surface area contributed by atoms with E-state index in [0.29, 0.717) is 0 Å². The van der Waals surface area contributed by atoms with Crippen LogP contribution in [0.25, 0.3) is 43.1 Å². The van der Waals surface area contributed by atoms with Crippen LogP contribution in [0.3, 0.4) is 0 Å². The molecule has 9 aromatic carbocycles. The smallest absolute Gasteiger partial charge is 0.00671 e. The Morgan fingerprint density at radius 2 is 0.396 bits per heavy atom. The number of hydrogen-bond donors (Lipinski definition) is 0. The zero-order valence-electron chi connectivity index (χ0n) is 26.4. The lowest BCUT2D eigenvalue weighted by Crippen LogP contribution is -2.35. The molecule has 0 N–H and O–H groups in total. The van der Waals surface area contributed by atoms with Crippen LogP contribution in [0, 0.1) is 0 Å². The van der Waals surface area contributed by atoms with E-state index in [1.54, 1.807) is 0 Å². The van der Waals surface area contributed by atoms with Crippen LogP contribution in [0.2, 0.25) is 0 Å². The predicted octanol–water partition coefficient (Wildman–Crippen LogP) is 9.82. The SMILES string of the molecule is c1ccc(P(c2cccc3ccccc23)c2cccc3ccccc23)c(P(c2cccc3ccccc23)c2cccc3ccccc23)c1. The second kappa shape index (κ2) is 12.5. The van der Waals surface area contributed by atoms with Crippen LogP contribution >= 0.6 is 15.8 Å². The van der Waals surface area contributed by atoms with Crippen molar-refractivity contribution in [2.75, 3.05) is 0 Å². The van der Waals surface area contributed by atoms with E-state index in [1.807, 2.05) is 0 Å². The summed E-state index contributed by atoms with van der Waals surface area (Å²) in [5, 5.41) is 18.9. The molecule has 0 saturated heterocycles. The number of rotatable bonds is 6. The summed E-state index contributed by atoms with van der Waals surface area (Å²) in [6.45, 7) is 0. The predicted molar refractivity (Wildman–Crippen MR) is 214 cm³/mol. The van der Waals surface area contributed by atoms with Gasteiger partial charge in [-0.05, 0) is 90.8 Å². The van der Waals surface area contributed by atoms with Crippen molar-refractivity contribution in [1.29, 1.82) is 0 Å². The molecule has 0 bridgehead atoms. The van der Waals surface area contributed by atoms with Gasteiger partial charge >= 0.3 is 0 Å². The zero-order valence-corrected chi connectivity index (χ0v) is 28.2. The fourth-order valence-electron chi connectivity index (χ4n) is 7.23. The van der Waals surface area contributed by atoms with E-state index in [9.17, 15) is 0 Å². The van der Waals surface area contributed by atoms with Gasteiger partial charge in [0.05, 0.1) is 0 Å². The lowest BCUT2D eigenvalue weighted by molar-refractivity contribution is 1.76. The summed E-state index contributed by atoms with van der Waals surface area (Å²) < 4.78 is 0. The molecular weight excluding hydrogens is 614 g/mol. The van der Waals surface area contributed by atoms with Crippen LogP contribution in [-0.4, -0.2) is 0 Å². The molecule has 0 aromatic heterocycles. The van der Waals surface area contributed by atoms with E-state index in [0.717, 1.165) is 0 Å². The van der Waals surface area contributed by atoms with Crippen LogP contribution in [0.5, 0.6) is 0 Å². The van der Waals surface area contributed by atoms with Crippen molar-refractivity contribution in [1.82, 2.24) is 0 Å². The molecule has 0 heterocycles. The first-order valence-corrected chi connectivity index (χ1v) is 19.1. The number of fused-ring (bicyclic) bond motifs is 4. The minimum Gasteiger partial charge on any atom is -0.0616 e. The third kappa shape index (κ3) is 5.01. The summed E-state index contributed by atoms with van der Waals surface area (Å²) in [6.07, 6.45) is 0. The maximum Gasteiger partial charge on any atom is -0.00671 e. The largest absolute Gasteiger partial charge is 0.0616 e. The molecular formula is C46H32P2. The first kappa shape index (κ1) is 29.1. The van der Waals surface area contributed by atoms with Crippen molar-refractivity contribution in [2.24, 2.45) is 0 Å². The van der Waals surface area contributed by atoms with Crippen molar-refractivity contribution in [3.8, 4) is 0 Å². The molecule has 0 atom stereocenters. The third-order valence-corrected chi connectivity index (χ3v) is 14.8. The average molecular weight is 647 g/mol. The Labute approximate surface area is 283 Å². The average Bonchev–Trinajstić information content (AvgIpc) is 3.16. The Hall–Kier alpha value is -5.12. The monoisotopic (exact) mass is 646 g/mol. The molecule has 9 aromatic rings. The van der Waals surface area contributed by atoms with Gasteiger partial charge in [-0.2, -0.15) is 0 Å². The molecule has 48 heavy (non-hydrogen) atoms. The second-order valence-electron chi connectivity index (χ2n) is 12.2. The van der Waals surface area contributed by atoms with Crippen LogP contribution in [-0.2, 0) is 0 Å². The second-order valence-corrected chi connectivity index (χ2v) is 16.4. The standard InChI is InChI=1S/C46H32P2/c1-5-23-37-33(15-1)19-11-29-41(37)47(42-30-12-20-34-16-2-6-24-38(34)42)45-27-9-10-28-46(45)48(43-31-13-21-35-17-3-7-25-39(35)43)44-32-14-22-36-18-4-8-26-40(36)44/h1-32H. The normalized spacial score (nSPS) is 11.7. The number of benzene rings is 9. The fourth-order valence-corrected chi connectivity index (χ4v) is 13.2. The Balaban J connectivity index is 1.40. The highest BCUT2D eigenvalue weighted by Gasteiger charge is 2.29. The summed E-state index contributed by atoms with van der Waals surface area (Å²) in [7, 11) is -1.90. The Morgan fingerprint density at radius 3 is 0.688 bits per heavy atom. The first-order chi connectivity index (χ1) is 23.8. The summed E-state index contributed by atoms with van der Waals surface area (Å²) in [5.41, 5.74) is 0. The van der Waals surface area contributed by atoms with E-state index in [1.165, 1.54) is 74.9 Å². The van der Waals surface area contributed by atoms with Gasteiger partial charge in [0.1, 0.15) is 0 Å². The maximum atomic E-state index is 2.43. The third-order valence-electron chi connectivity index (χ3n) is 9.39. The van der Waals surface area contributed by atoms with Gasteiger partial charge in [-0.25, -0.2) is 0 Å². The van der Waals surface area contributed by atoms with Crippen LogP contribution in [0.1, 0.15) is 0 Å². The van der Waals surface area contributed by atoms with Crippen molar-refractivity contribution in [3.63, 3.8) is 0 Å². The molecule has 226 valence electrons. The quantitative estimate of drug-likeness (QED) is 0.158. The molecule has 0 unspecified atom stereocenters. The Kier molecular flexibility index (Phi) is 7.55. The molecule has 0 saturated carbocycles. The Bertz CT molecular complexity index is 2240. The molecule has 0 fully saturated rings. The lowest BCUT2D eigenvalue weighted by Gasteiger charge is -2.30. The van der Waals surface area contributed by atoms with Crippen molar-refractivity contribution >= 4 is 90.8 Å². The van der Waals surface area contributed by atoms with Crippen molar-refractivity contribution < 1.29 is 0 Å². The molecule has 2 heteroatoms. The summed E-state index contributed by atoms with van der Waals surface area (Å²) in [4.78, 5) is 0. The summed E-state index contributed by atoms with van der Waals surface area (Å²) >= 11 is 0. The number of hydrogen-bond acceptors (Lipinski definition) is 0. The van der Waals surface area contributed by atoms with E-state index < -0.39 is 15.8 Å². The van der Waals surface area contributed by atoms with E-state index in [2.05, 4.69) is 194 Å². The maximum absolute atomic E-state index is 2.43. The Morgan fingerprint density at radius 1 is 0.188 bits per heavy atom. The van der Waals surface area contributed by atoms with E-state index >= 15 is 0 Å². The summed E-state index contributed by atoms with van der Waals surface area (Å²) in [5.74, 6) is 0. The summed E-state index contributed by atoms with van der Waals surface area (Å²) in [6, 6.07) is 72.5. The van der Waals surface area contributed by atoms with Crippen molar-refractivity contribution in [3.05, 3.63) is 194 Å². The molecule has 0 radical (unpaired) electrons. The van der Waals surface area contributed by atoms with Gasteiger partial charge in [0.15, 0.2) is 0 Å². The van der Waals surface area contributed by atoms with E-state index in [4.69, 9.17) is 0 Å². The van der Waals surface area contributed by atoms with Gasteiger partial charge in [0, 0.05) is 0 Å². The highest BCUT2D eigenvalue weighted by atomic mass is 31.1. The van der Waals surface area contributed by atoms with Gasteiger partial charge in [-0.3, -0.25) is 0 Å². The van der Waals surface area contributed by atoms with Crippen LogP contribution in [0.4, 0.5) is 0 Å². The minimum absolute atomic E-state index is 0.950. The van der Waals surface area contributed by atoms with Gasteiger partial charge in [-0.1, -0.05) is 194 Å². The van der Waals surface area contributed by atoms with E-state index in [-0.39, 0.29) is 0 Å². The fraction of sp³-hybridized carbons (Fsp3) is 0. The highest BCUT2D eigenvalue weighted by molar-refractivity contribution is 7.86. The van der Waals surface area contributed by atoms with Crippen molar-refractivity contribution in [2.45, 2.75) is 0 Å². The lowest BCUT2D eigenvalue weighted by atomic mass is 10.1. The molecule has 0 aliphatic carbocycles. The zero-order chi connectivity index (χ0) is 31.9. The van der Waals surface area contributed by atoms with Gasteiger partial charge in [0.2, 0.25) is 0 Å². The van der Waals surface area contributed by atoms with Gasteiger partial charge in [-0.15, -0.1) is 0 Å². The highest BCUT2D eigenvalue weighted by Crippen LogP contribution is 2.43. The molecule has 0 nitrogen and oxygen atoms in total. The molecule has 0 aliphatic heterocycles. The van der Waals surface area contributed by atoms with Crippen LogP contribution in [0.15, 0.2) is 194 Å². The van der Waals surface area contributed by atoms with Gasteiger partial charge in [0.25, 0.3) is 0 Å². The molecule has 9 rings (SSSR count). The molecule has 0 amide bonds. The van der Waals surface area contributed by atoms with Gasteiger partial charge < -0.3 is 0 Å². The minimum atomic E-state index is -0.950.